The maximum atomic E-state index is 6.64. The fourth-order valence-electron chi connectivity index (χ4n) is 3.81. The molecule has 4 heteroatoms. The Balaban J connectivity index is 2.02. The molecule has 162 valence electrons. The SMILES string of the molecule is Cc1cc(C(C)(C)C)c(Op2oc3ccccc3c3ccccc3o2)c(C(C)(C)C)c1. The van der Waals surface area contributed by atoms with Gasteiger partial charge in [0, 0.05) is 21.9 Å². The van der Waals surface area contributed by atoms with Crippen molar-refractivity contribution in [3.8, 4) is 5.75 Å². The predicted molar refractivity (Wildman–Crippen MR) is 131 cm³/mol. The molecule has 4 aromatic rings. The molecule has 4 rings (SSSR count). The molecule has 0 radical (unpaired) electrons. The lowest BCUT2D eigenvalue weighted by Gasteiger charge is -2.29. The molecule has 31 heavy (non-hydrogen) atoms. The average molecular weight is 435 g/mol. The van der Waals surface area contributed by atoms with Gasteiger partial charge in [0.2, 0.25) is 0 Å². The van der Waals surface area contributed by atoms with E-state index in [4.69, 9.17) is 12.9 Å². The summed E-state index contributed by atoms with van der Waals surface area (Å²) in [6.45, 7) is 15.4. The van der Waals surface area contributed by atoms with E-state index < -0.39 is 8.24 Å². The van der Waals surface area contributed by atoms with Gasteiger partial charge in [-0.15, -0.1) is 0 Å². The molecule has 0 aliphatic carbocycles. The smallest absolute Gasteiger partial charge is 0.390 e. The number of para-hydroxylation sites is 2. The van der Waals surface area contributed by atoms with Crippen molar-refractivity contribution in [3.05, 3.63) is 77.4 Å². The largest absolute Gasteiger partial charge is 0.453 e. The van der Waals surface area contributed by atoms with Crippen LogP contribution in [0.5, 0.6) is 5.75 Å². The van der Waals surface area contributed by atoms with Gasteiger partial charge < -0.3 is 12.9 Å². The van der Waals surface area contributed by atoms with Crippen molar-refractivity contribution >= 4 is 30.2 Å². The van der Waals surface area contributed by atoms with Crippen molar-refractivity contribution in [2.75, 3.05) is 0 Å². The molecule has 0 atom stereocenters. The lowest BCUT2D eigenvalue weighted by molar-refractivity contribution is 0.458. The van der Waals surface area contributed by atoms with Crippen molar-refractivity contribution in [3.63, 3.8) is 0 Å². The van der Waals surface area contributed by atoms with Gasteiger partial charge in [0.25, 0.3) is 0 Å². The third-order valence-corrected chi connectivity index (χ3v) is 6.45. The van der Waals surface area contributed by atoms with Gasteiger partial charge in [0.15, 0.2) is 0 Å². The summed E-state index contributed by atoms with van der Waals surface area (Å²) in [5.74, 6) is 0.869. The molecule has 0 N–H and O–H groups in total. The highest BCUT2D eigenvalue weighted by atomic mass is 31.1. The molecule has 0 amide bonds. The zero-order chi connectivity index (χ0) is 22.4. The Labute approximate surface area is 185 Å². The first-order valence-electron chi connectivity index (χ1n) is 10.7. The van der Waals surface area contributed by atoms with Crippen molar-refractivity contribution in [2.45, 2.75) is 59.3 Å². The van der Waals surface area contributed by atoms with Crippen LogP contribution < -0.4 is 4.52 Å². The number of aryl methyl sites for hydroxylation is 1. The number of rotatable bonds is 2. The summed E-state index contributed by atoms with van der Waals surface area (Å²) in [6, 6.07) is 20.5. The fourth-order valence-corrected chi connectivity index (χ4v) is 4.91. The summed E-state index contributed by atoms with van der Waals surface area (Å²) >= 11 is 0. The Bertz CT molecular complexity index is 1190. The molecule has 0 unspecified atom stereocenters. The third kappa shape index (κ3) is 4.38. The first-order chi connectivity index (χ1) is 14.5. The Hall–Kier alpha value is -2.64. The Morgan fingerprint density at radius 2 is 1.10 bits per heavy atom. The molecule has 0 saturated carbocycles. The lowest BCUT2D eigenvalue weighted by Crippen LogP contribution is -2.19. The first-order valence-corrected chi connectivity index (χ1v) is 11.8. The molecular formula is C27H31O3P. The number of benzene rings is 3. The van der Waals surface area contributed by atoms with Crippen LogP contribution in [-0.4, -0.2) is 0 Å². The molecule has 1 heterocycles. The van der Waals surface area contributed by atoms with Gasteiger partial charge in [-0.05, 0) is 29.9 Å². The van der Waals surface area contributed by atoms with Crippen LogP contribution in [0.15, 0.2) is 69.1 Å². The van der Waals surface area contributed by atoms with E-state index in [1.165, 1.54) is 5.56 Å². The van der Waals surface area contributed by atoms with Crippen LogP contribution in [0.25, 0.3) is 21.9 Å². The van der Waals surface area contributed by atoms with E-state index in [1.807, 2.05) is 36.4 Å². The van der Waals surface area contributed by atoms with Gasteiger partial charge in [0.1, 0.15) is 16.9 Å². The van der Waals surface area contributed by atoms with Crippen molar-refractivity contribution in [2.24, 2.45) is 0 Å². The highest BCUT2D eigenvalue weighted by Crippen LogP contribution is 2.46. The number of hydrogen-bond donors (Lipinski definition) is 0. The highest BCUT2D eigenvalue weighted by Gasteiger charge is 2.29. The predicted octanol–water partition coefficient (Wildman–Crippen LogP) is 9.04. The summed E-state index contributed by atoms with van der Waals surface area (Å²) in [5.41, 5.74) is 4.95. The minimum absolute atomic E-state index is 0.0850. The van der Waals surface area contributed by atoms with Crippen LogP contribution in [0.3, 0.4) is 0 Å². The van der Waals surface area contributed by atoms with Crippen molar-refractivity contribution in [1.29, 1.82) is 0 Å². The van der Waals surface area contributed by atoms with Crippen LogP contribution in [0.4, 0.5) is 0 Å². The maximum Gasteiger partial charge on any atom is 0.453 e. The van der Waals surface area contributed by atoms with Gasteiger partial charge in [-0.2, -0.15) is 0 Å². The monoisotopic (exact) mass is 434 g/mol. The Morgan fingerprint density at radius 1 is 0.677 bits per heavy atom. The third-order valence-electron chi connectivity index (χ3n) is 5.43. The lowest BCUT2D eigenvalue weighted by atomic mass is 9.78. The molecule has 0 bridgehead atoms. The molecule has 0 aliphatic heterocycles. The molecule has 0 saturated heterocycles. The van der Waals surface area contributed by atoms with Gasteiger partial charge in [-0.25, -0.2) is 0 Å². The molecule has 0 spiro atoms. The van der Waals surface area contributed by atoms with Crippen molar-refractivity contribution in [1.82, 2.24) is 0 Å². The van der Waals surface area contributed by atoms with E-state index in [2.05, 4.69) is 72.7 Å². The highest BCUT2D eigenvalue weighted by molar-refractivity contribution is 7.32. The van der Waals surface area contributed by atoms with Crippen LogP contribution in [0, 0.1) is 6.92 Å². The topological polar surface area (TPSA) is 35.5 Å². The Morgan fingerprint density at radius 3 is 1.52 bits per heavy atom. The summed E-state index contributed by atoms with van der Waals surface area (Å²) < 4.78 is 19.3. The quantitative estimate of drug-likeness (QED) is 0.316. The molecule has 3 aromatic carbocycles. The van der Waals surface area contributed by atoms with E-state index in [1.54, 1.807) is 0 Å². The first kappa shape index (κ1) is 21.6. The van der Waals surface area contributed by atoms with Crippen LogP contribution >= 0.6 is 8.24 Å². The van der Waals surface area contributed by atoms with E-state index in [0.717, 1.165) is 38.8 Å². The average Bonchev–Trinajstić information content (AvgIpc) is 2.83. The van der Waals surface area contributed by atoms with Gasteiger partial charge in [-0.1, -0.05) is 95.6 Å². The fraction of sp³-hybridized carbons (Fsp3) is 0.333. The van der Waals surface area contributed by atoms with E-state index in [9.17, 15) is 0 Å². The molecule has 0 aliphatic rings. The minimum atomic E-state index is -1.68. The zero-order valence-corrected chi connectivity index (χ0v) is 20.3. The van der Waals surface area contributed by atoms with E-state index in [-0.39, 0.29) is 10.8 Å². The summed E-state index contributed by atoms with van der Waals surface area (Å²) in [4.78, 5) is 0. The van der Waals surface area contributed by atoms with Gasteiger partial charge in [0.05, 0.1) is 0 Å². The Kier molecular flexibility index (Phi) is 5.43. The van der Waals surface area contributed by atoms with Crippen LogP contribution in [0.2, 0.25) is 0 Å². The molecular weight excluding hydrogens is 403 g/mol. The number of hydrogen-bond acceptors (Lipinski definition) is 3. The molecule has 0 fully saturated rings. The van der Waals surface area contributed by atoms with Gasteiger partial charge >= 0.3 is 8.24 Å². The minimum Gasteiger partial charge on any atom is -0.390 e. The second kappa shape index (κ2) is 7.80. The van der Waals surface area contributed by atoms with Gasteiger partial charge in [-0.3, -0.25) is 0 Å². The summed E-state index contributed by atoms with van der Waals surface area (Å²) in [6.07, 6.45) is 0. The van der Waals surface area contributed by atoms with Crippen LogP contribution in [0.1, 0.15) is 58.2 Å². The zero-order valence-electron chi connectivity index (χ0n) is 19.4. The second-order valence-electron chi connectivity index (χ2n) is 10.2. The maximum absolute atomic E-state index is 6.64. The standard InChI is InChI=1S/C27H31O3P/c1-18-16-21(26(2,3)4)25(22(17-18)27(5,6)7)30-31-28-23-14-10-8-12-19(23)20-13-9-11-15-24(20)29-31/h8-17H,1-7H3. The molecule has 1 aromatic heterocycles. The number of fused-ring (bicyclic) bond motifs is 3. The van der Waals surface area contributed by atoms with E-state index >= 15 is 0 Å². The normalized spacial score (nSPS) is 12.4. The molecule has 3 nitrogen and oxygen atoms in total. The van der Waals surface area contributed by atoms with Crippen molar-refractivity contribution < 1.29 is 12.9 Å². The second-order valence-corrected chi connectivity index (χ2v) is 11.2. The summed E-state index contributed by atoms with van der Waals surface area (Å²) in [7, 11) is -1.68. The van der Waals surface area contributed by atoms with Crippen LogP contribution in [-0.2, 0) is 10.8 Å². The van der Waals surface area contributed by atoms with E-state index in [0.29, 0.717) is 0 Å². The summed E-state index contributed by atoms with van der Waals surface area (Å²) in [5, 5.41) is 2.03.